The van der Waals surface area contributed by atoms with Crippen molar-refractivity contribution in [1.29, 1.82) is 0 Å². The van der Waals surface area contributed by atoms with Crippen LogP contribution < -0.4 is 5.32 Å². The number of carbonyl (C=O) groups is 1. The van der Waals surface area contributed by atoms with E-state index in [9.17, 15) is 9.18 Å². The third-order valence-corrected chi connectivity index (χ3v) is 2.82. The molecule has 0 bridgehead atoms. The minimum absolute atomic E-state index is 0.250. The Morgan fingerprint density at radius 3 is 2.47 bits per heavy atom. The summed E-state index contributed by atoms with van der Waals surface area (Å²) in [5.74, 6) is -0.569. The summed E-state index contributed by atoms with van der Waals surface area (Å²) in [6.07, 6.45) is 1.27. The van der Waals surface area contributed by atoms with E-state index in [1.54, 1.807) is 0 Å². The largest absolute Gasteiger partial charge is 0.322 e. The summed E-state index contributed by atoms with van der Waals surface area (Å²) in [7, 11) is 0. The van der Waals surface area contributed by atoms with Crippen LogP contribution in [0.4, 0.5) is 10.1 Å². The molecular weight excluding hydrogens is 243 g/mol. The van der Waals surface area contributed by atoms with Crippen LogP contribution in [0, 0.1) is 5.95 Å². The van der Waals surface area contributed by atoms with Gasteiger partial charge in [0.25, 0.3) is 5.91 Å². The minimum Gasteiger partial charge on any atom is -0.322 e. The van der Waals surface area contributed by atoms with Crippen LogP contribution in [0.25, 0.3) is 0 Å². The van der Waals surface area contributed by atoms with Crippen molar-refractivity contribution in [2.24, 2.45) is 0 Å². The first-order valence-electron chi connectivity index (χ1n) is 6.09. The molecule has 0 saturated heterocycles. The molecule has 1 aromatic carbocycles. The topological polar surface area (TPSA) is 42.0 Å². The van der Waals surface area contributed by atoms with Gasteiger partial charge >= 0.3 is 0 Å². The van der Waals surface area contributed by atoms with Crippen molar-refractivity contribution in [3.63, 3.8) is 0 Å². The molecule has 19 heavy (non-hydrogen) atoms. The quantitative estimate of drug-likeness (QED) is 0.855. The van der Waals surface area contributed by atoms with Crippen LogP contribution in [0.1, 0.15) is 35.7 Å². The molecule has 0 radical (unpaired) electrons. The maximum Gasteiger partial charge on any atom is 0.255 e. The van der Waals surface area contributed by atoms with Crippen LogP contribution in [-0.4, -0.2) is 10.9 Å². The van der Waals surface area contributed by atoms with Crippen molar-refractivity contribution in [2.45, 2.75) is 19.8 Å². The number of carbonyl (C=O) groups excluding carboxylic acids is 1. The van der Waals surface area contributed by atoms with Crippen LogP contribution in [0.5, 0.6) is 0 Å². The smallest absolute Gasteiger partial charge is 0.255 e. The van der Waals surface area contributed by atoms with E-state index >= 15 is 0 Å². The van der Waals surface area contributed by atoms with Crippen LogP contribution in [0.15, 0.2) is 42.6 Å². The molecule has 1 N–H and O–H groups in total. The molecule has 1 amide bonds. The van der Waals surface area contributed by atoms with Crippen molar-refractivity contribution in [3.05, 3.63) is 59.7 Å². The molecule has 0 aliphatic heterocycles. The first kappa shape index (κ1) is 13.2. The van der Waals surface area contributed by atoms with Crippen LogP contribution in [-0.2, 0) is 0 Å². The first-order valence-corrected chi connectivity index (χ1v) is 6.09. The number of nitrogens with zero attached hydrogens (tertiary/aromatic N) is 1. The SMILES string of the molecule is CC(C)c1ccc(NC(=O)c2ccnc(F)c2)cc1. The number of amides is 1. The van der Waals surface area contributed by atoms with Crippen molar-refractivity contribution in [1.82, 2.24) is 4.98 Å². The molecule has 0 fully saturated rings. The Kier molecular flexibility index (Phi) is 3.90. The molecule has 2 rings (SSSR count). The second-order valence-electron chi connectivity index (χ2n) is 4.60. The normalized spacial score (nSPS) is 10.5. The molecule has 4 heteroatoms. The number of benzene rings is 1. The summed E-state index contributed by atoms with van der Waals surface area (Å²) in [5.41, 5.74) is 2.14. The fourth-order valence-electron chi connectivity index (χ4n) is 1.70. The monoisotopic (exact) mass is 258 g/mol. The van der Waals surface area contributed by atoms with Gasteiger partial charge in [0.05, 0.1) is 0 Å². The van der Waals surface area contributed by atoms with Gasteiger partial charge in [0.2, 0.25) is 5.95 Å². The molecule has 0 aliphatic rings. The summed E-state index contributed by atoms with van der Waals surface area (Å²) in [6, 6.07) is 10.2. The van der Waals surface area contributed by atoms with E-state index in [0.717, 1.165) is 6.07 Å². The Hall–Kier alpha value is -2.23. The number of aromatic nitrogens is 1. The number of hydrogen-bond donors (Lipinski definition) is 1. The van der Waals surface area contributed by atoms with Gasteiger partial charge in [-0.3, -0.25) is 4.79 Å². The molecule has 1 heterocycles. The van der Waals surface area contributed by atoms with Crippen LogP contribution >= 0.6 is 0 Å². The van der Waals surface area contributed by atoms with E-state index in [2.05, 4.69) is 24.1 Å². The molecule has 0 saturated carbocycles. The van der Waals surface area contributed by atoms with Gasteiger partial charge in [-0.25, -0.2) is 4.98 Å². The number of rotatable bonds is 3. The predicted octanol–water partition coefficient (Wildman–Crippen LogP) is 3.60. The molecule has 0 aliphatic carbocycles. The molecule has 0 spiro atoms. The van der Waals surface area contributed by atoms with Gasteiger partial charge in [0.15, 0.2) is 0 Å². The molecule has 2 aromatic rings. The van der Waals surface area contributed by atoms with E-state index in [1.807, 2.05) is 24.3 Å². The van der Waals surface area contributed by atoms with E-state index in [4.69, 9.17) is 0 Å². The Bertz CT molecular complexity index is 579. The number of halogens is 1. The van der Waals surface area contributed by atoms with Crippen molar-refractivity contribution >= 4 is 11.6 Å². The Balaban J connectivity index is 2.10. The summed E-state index contributed by atoms with van der Waals surface area (Å²) in [4.78, 5) is 15.3. The maximum atomic E-state index is 12.9. The standard InChI is InChI=1S/C15H15FN2O/c1-10(2)11-3-5-13(6-4-11)18-15(19)12-7-8-17-14(16)9-12/h3-10H,1-2H3,(H,18,19). The average molecular weight is 258 g/mol. The van der Waals surface area contributed by atoms with E-state index in [0.29, 0.717) is 11.6 Å². The van der Waals surface area contributed by atoms with Crippen LogP contribution in [0.3, 0.4) is 0 Å². The fourth-order valence-corrected chi connectivity index (χ4v) is 1.70. The second-order valence-corrected chi connectivity index (χ2v) is 4.60. The number of hydrogen-bond acceptors (Lipinski definition) is 2. The van der Waals surface area contributed by atoms with Gasteiger partial charge in [-0.15, -0.1) is 0 Å². The molecule has 0 atom stereocenters. The third-order valence-electron chi connectivity index (χ3n) is 2.82. The maximum absolute atomic E-state index is 12.9. The lowest BCUT2D eigenvalue weighted by molar-refractivity contribution is 0.102. The van der Waals surface area contributed by atoms with Gasteiger partial charge in [0.1, 0.15) is 0 Å². The van der Waals surface area contributed by atoms with Gasteiger partial charge in [0, 0.05) is 23.5 Å². The lowest BCUT2D eigenvalue weighted by atomic mass is 10.0. The summed E-state index contributed by atoms with van der Waals surface area (Å²) >= 11 is 0. The molecule has 98 valence electrons. The molecule has 3 nitrogen and oxygen atoms in total. The lowest BCUT2D eigenvalue weighted by Gasteiger charge is -2.08. The van der Waals surface area contributed by atoms with E-state index in [1.165, 1.54) is 17.8 Å². The Morgan fingerprint density at radius 2 is 1.89 bits per heavy atom. The first-order chi connectivity index (χ1) is 9.06. The summed E-state index contributed by atoms with van der Waals surface area (Å²) < 4.78 is 12.9. The number of anilines is 1. The third kappa shape index (κ3) is 3.37. The van der Waals surface area contributed by atoms with Gasteiger partial charge in [-0.1, -0.05) is 26.0 Å². The zero-order valence-electron chi connectivity index (χ0n) is 10.9. The van der Waals surface area contributed by atoms with E-state index in [-0.39, 0.29) is 11.5 Å². The second kappa shape index (κ2) is 5.61. The summed E-state index contributed by atoms with van der Waals surface area (Å²) in [5, 5.41) is 2.72. The molecule has 0 unspecified atom stereocenters. The highest BCUT2D eigenvalue weighted by Crippen LogP contribution is 2.17. The van der Waals surface area contributed by atoms with Gasteiger partial charge < -0.3 is 5.32 Å². The predicted molar refractivity (Wildman–Crippen MR) is 72.7 cm³/mol. The highest BCUT2D eigenvalue weighted by molar-refractivity contribution is 6.04. The highest BCUT2D eigenvalue weighted by atomic mass is 19.1. The molecular formula is C15H15FN2O. The Labute approximate surface area is 111 Å². The average Bonchev–Trinajstić information content (AvgIpc) is 2.39. The number of nitrogens with one attached hydrogen (secondary N) is 1. The van der Waals surface area contributed by atoms with Crippen molar-refractivity contribution in [2.75, 3.05) is 5.32 Å². The fraction of sp³-hybridized carbons (Fsp3) is 0.200. The zero-order chi connectivity index (χ0) is 13.8. The van der Waals surface area contributed by atoms with Crippen LogP contribution in [0.2, 0.25) is 0 Å². The minimum atomic E-state index is -0.664. The highest BCUT2D eigenvalue weighted by Gasteiger charge is 2.07. The van der Waals surface area contributed by atoms with E-state index < -0.39 is 5.95 Å². The Morgan fingerprint density at radius 1 is 1.21 bits per heavy atom. The van der Waals surface area contributed by atoms with Gasteiger partial charge in [-0.05, 0) is 29.7 Å². The van der Waals surface area contributed by atoms with Crippen molar-refractivity contribution < 1.29 is 9.18 Å². The molecule has 1 aromatic heterocycles. The lowest BCUT2D eigenvalue weighted by Crippen LogP contribution is -2.12. The van der Waals surface area contributed by atoms with Gasteiger partial charge in [-0.2, -0.15) is 4.39 Å². The summed E-state index contributed by atoms with van der Waals surface area (Å²) in [6.45, 7) is 4.21. The van der Waals surface area contributed by atoms with Crippen molar-refractivity contribution in [3.8, 4) is 0 Å². The zero-order valence-corrected chi connectivity index (χ0v) is 10.9. The number of pyridine rings is 1.